The molecule has 1 atom stereocenters. The molecule has 0 spiro atoms. The lowest BCUT2D eigenvalue weighted by Gasteiger charge is -2.17. The van der Waals surface area contributed by atoms with Gasteiger partial charge in [0, 0.05) is 23.1 Å². The predicted molar refractivity (Wildman–Crippen MR) is 81.6 cm³/mol. The highest BCUT2D eigenvalue weighted by Crippen LogP contribution is 2.20. The fraction of sp³-hybridized carbons (Fsp3) is 0.375. The molecule has 0 fully saturated rings. The monoisotopic (exact) mass is 293 g/mol. The van der Waals surface area contributed by atoms with Crippen LogP contribution in [0.3, 0.4) is 0 Å². The number of halogens is 1. The Morgan fingerprint density at radius 2 is 2.05 bits per heavy atom. The number of furan rings is 1. The second-order valence-corrected chi connectivity index (χ2v) is 5.79. The van der Waals surface area contributed by atoms with E-state index in [9.17, 15) is 4.39 Å². The minimum atomic E-state index is -0.189. The Morgan fingerprint density at radius 3 is 2.70 bits per heavy atom. The molecule has 1 unspecified atom stereocenters. The Bertz CT molecular complexity index is 484. The second kappa shape index (κ2) is 8.12. The first-order valence-electron chi connectivity index (χ1n) is 6.92. The van der Waals surface area contributed by atoms with E-state index in [1.807, 2.05) is 24.3 Å². The summed E-state index contributed by atoms with van der Waals surface area (Å²) in [5.41, 5.74) is 0. The maximum absolute atomic E-state index is 12.9. The van der Waals surface area contributed by atoms with E-state index in [2.05, 4.69) is 12.2 Å². The second-order valence-electron chi connectivity index (χ2n) is 4.70. The van der Waals surface area contributed by atoms with Gasteiger partial charge in [-0.2, -0.15) is 0 Å². The third-order valence-corrected chi connectivity index (χ3v) is 4.15. The molecule has 1 N–H and O–H groups in total. The standard InChI is InChI=1S/C16H20FNOS/c1-2-9-18-14(11-15-4-3-10-19-15)12-20-16-7-5-13(17)6-8-16/h3-8,10,14,18H,2,9,11-12H2,1H3. The molecular weight excluding hydrogens is 273 g/mol. The van der Waals surface area contributed by atoms with Crippen LogP contribution in [-0.4, -0.2) is 18.3 Å². The number of nitrogens with one attached hydrogen (secondary N) is 1. The van der Waals surface area contributed by atoms with Gasteiger partial charge in [-0.05, 0) is 49.4 Å². The SMILES string of the molecule is CCCNC(CSc1ccc(F)cc1)Cc1ccco1. The summed E-state index contributed by atoms with van der Waals surface area (Å²) in [6.45, 7) is 3.15. The predicted octanol–water partition coefficient (Wildman–Crippen LogP) is 4.12. The fourth-order valence-corrected chi connectivity index (χ4v) is 2.90. The molecule has 20 heavy (non-hydrogen) atoms. The number of hydrogen-bond donors (Lipinski definition) is 1. The maximum atomic E-state index is 12.9. The molecule has 0 radical (unpaired) electrons. The van der Waals surface area contributed by atoms with Crippen LogP contribution in [0.1, 0.15) is 19.1 Å². The van der Waals surface area contributed by atoms with Gasteiger partial charge < -0.3 is 9.73 Å². The van der Waals surface area contributed by atoms with Crippen molar-refractivity contribution < 1.29 is 8.81 Å². The van der Waals surface area contributed by atoms with Crippen LogP contribution in [0.4, 0.5) is 4.39 Å². The van der Waals surface area contributed by atoms with Gasteiger partial charge in [0.15, 0.2) is 0 Å². The van der Waals surface area contributed by atoms with E-state index >= 15 is 0 Å². The highest BCUT2D eigenvalue weighted by Gasteiger charge is 2.11. The van der Waals surface area contributed by atoms with Crippen molar-refractivity contribution in [3.8, 4) is 0 Å². The summed E-state index contributed by atoms with van der Waals surface area (Å²) < 4.78 is 18.3. The van der Waals surface area contributed by atoms with Crippen molar-refractivity contribution in [3.63, 3.8) is 0 Å². The average molecular weight is 293 g/mol. The molecule has 1 heterocycles. The summed E-state index contributed by atoms with van der Waals surface area (Å²) in [5, 5.41) is 3.53. The minimum Gasteiger partial charge on any atom is -0.469 e. The molecule has 0 saturated carbocycles. The van der Waals surface area contributed by atoms with E-state index in [1.54, 1.807) is 18.0 Å². The van der Waals surface area contributed by atoms with Crippen molar-refractivity contribution in [1.82, 2.24) is 5.32 Å². The van der Waals surface area contributed by atoms with Crippen molar-refractivity contribution in [2.45, 2.75) is 30.7 Å². The van der Waals surface area contributed by atoms with Crippen LogP contribution in [0.5, 0.6) is 0 Å². The third kappa shape index (κ3) is 5.02. The zero-order valence-corrected chi connectivity index (χ0v) is 12.5. The summed E-state index contributed by atoms with van der Waals surface area (Å²) >= 11 is 1.74. The molecular formula is C16H20FNOS. The molecule has 0 aliphatic rings. The van der Waals surface area contributed by atoms with Gasteiger partial charge in [-0.15, -0.1) is 11.8 Å². The lowest BCUT2D eigenvalue weighted by molar-refractivity contribution is 0.460. The molecule has 0 saturated heterocycles. The third-order valence-electron chi connectivity index (χ3n) is 2.98. The van der Waals surface area contributed by atoms with E-state index < -0.39 is 0 Å². The van der Waals surface area contributed by atoms with Gasteiger partial charge in [0.1, 0.15) is 11.6 Å². The number of benzene rings is 1. The number of thioether (sulfide) groups is 1. The molecule has 108 valence electrons. The van der Waals surface area contributed by atoms with Crippen molar-refractivity contribution in [3.05, 3.63) is 54.2 Å². The molecule has 2 nitrogen and oxygen atoms in total. The Balaban J connectivity index is 1.87. The maximum Gasteiger partial charge on any atom is 0.123 e. The minimum absolute atomic E-state index is 0.189. The van der Waals surface area contributed by atoms with Crippen molar-refractivity contribution in [1.29, 1.82) is 0 Å². The first kappa shape index (κ1) is 15.1. The van der Waals surface area contributed by atoms with Gasteiger partial charge in [-0.1, -0.05) is 6.92 Å². The zero-order valence-electron chi connectivity index (χ0n) is 11.6. The Morgan fingerprint density at radius 1 is 1.25 bits per heavy atom. The van der Waals surface area contributed by atoms with Gasteiger partial charge in [-0.25, -0.2) is 4.39 Å². The van der Waals surface area contributed by atoms with Crippen LogP contribution in [0.25, 0.3) is 0 Å². The van der Waals surface area contributed by atoms with Gasteiger partial charge in [0.25, 0.3) is 0 Å². The van der Waals surface area contributed by atoms with Crippen molar-refractivity contribution in [2.75, 3.05) is 12.3 Å². The topological polar surface area (TPSA) is 25.2 Å². The van der Waals surface area contributed by atoms with Crippen LogP contribution in [0, 0.1) is 5.82 Å². The lowest BCUT2D eigenvalue weighted by Crippen LogP contribution is -2.33. The number of rotatable bonds is 8. The van der Waals surface area contributed by atoms with Gasteiger partial charge in [0.05, 0.1) is 6.26 Å². The fourth-order valence-electron chi connectivity index (χ4n) is 1.94. The largest absolute Gasteiger partial charge is 0.469 e. The summed E-state index contributed by atoms with van der Waals surface area (Å²) in [4.78, 5) is 1.09. The zero-order chi connectivity index (χ0) is 14.2. The summed E-state index contributed by atoms with van der Waals surface area (Å²) in [6, 6.07) is 10.9. The molecule has 2 aromatic rings. The molecule has 0 bridgehead atoms. The van der Waals surface area contributed by atoms with Crippen LogP contribution in [0.2, 0.25) is 0 Å². The first-order valence-corrected chi connectivity index (χ1v) is 7.90. The van der Waals surface area contributed by atoms with E-state index in [0.29, 0.717) is 6.04 Å². The van der Waals surface area contributed by atoms with E-state index in [4.69, 9.17) is 4.42 Å². The van der Waals surface area contributed by atoms with E-state index in [1.165, 1.54) is 12.1 Å². The highest BCUT2D eigenvalue weighted by molar-refractivity contribution is 7.99. The normalized spacial score (nSPS) is 12.5. The van der Waals surface area contributed by atoms with Crippen molar-refractivity contribution in [2.24, 2.45) is 0 Å². The first-order chi connectivity index (χ1) is 9.78. The van der Waals surface area contributed by atoms with Crippen molar-refractivity contribution >= 4 is 11.8 Å². The summed E-state index contributed by atoms with van der Waals surface area (Å²) in [5.74, 6) is 1.75. The lowest BCUT2D eigenvalue weighted by atomic mass is 10.2. The highest BCUT2D eigenvalue weighted by atomic mass is 32.2. The molecule has 4 heteroatoms. The molecule has 0 amide bonds. The molecule has 1 aromatic heterocycles. The van der Waals surface area contributed by atoms with Crippen LogP contribution in [0.15, 0.2) is 52.0 Å². The van der Waals surface area contributed by atoms with Crippen LogP contribution in [-0.2, 0) is 6.42 Å². The summed E-state index contributed by atoms with van der Waals surface area (Å²) in [6.07, 6.45) is 3.69. The van der Waals surface area contributed by atoms with E-state index in [-0.39, 0.29) is 5.82 Å². The molecule has 0 aliphatic heterocycles. The Labute approximate surface area is 123 Å². The summed E-state index contributed by atoms with van der Waals surface area (Å²) in [7, 11) is 0. The van der Waals surface area contributed by atoms with Gasteiger partial charge >= 0.3 is 0 Å². The smallest absolute Gasteiger partial charge is 0.123 e. The van der Waals surface area contributed by atoms with Crippen LogP contribution < -0.4 is 5.32 Å². The van der Waals surface area contributed by atoms with Crippen LogP contribution >= 0.6 is 11.8 Å². The van der Waals surface area contributed by atoms with Gasteiger partial charge in [0.2, 0.25) is 0 Å². The quantitative estimate of drug-likeness (QED) is 0.741. The molecule has 1 aromatic carbocycles. The van der Waals surface area contributed by atoms with Gasteiger partial charge in [-0.3, -0.25) is 0 Å². The molecule has 2 rings (SSSR count). The Hall–Kier alpha value is -1.26. The average Bonchev–Trinajstić information content (AvgIpc) is 2.96. The van der Waals surface area contributed by atoms with E-state index in [0.717, 1.165) is 35.8 Å². The Kier molecular flexibility index (Phi) is 6.15. The molecule has 0 aliphatic carbocycles. The number of hydrogen-bond acceptors (Lipinski definition) is 3.